The van der Waals surface area contributed by atoms with Crippen LogP contribution in [0.1, 0.15) is 29.5 Å². The lowest BCUT2D eigenvalue weighted by atomic mass is 10.1. The number of H-pyrrole nitrogens is 1. The van der Waals surface area contributed by atoms with Crippen molar-refractivity contribution in [3.05, 3.63) is 60.2 Å². The third kappa shape index (κ3) is 3.00. The van der Waals surface area contributed by atoms with Gasteiger partial charge in [0.25, 0.3) is 5.91 Å². The molecule has 1 aromatic carbocycles. The van der Waals surface area contributed by atoms with E-state index in [0.29, 0.717) is 24.3 Å². The molecule has 0 aliphatic rings. The number of aromatic nitrogens is 1. The van der Waals surface area contributed by atoms with Crippen LogP contribution in [0, 0.1) is 0 Å². The van der Waals surface area contributed by atoms with Crippen LogP contribution in [0.15, 0.2) is 53.3 Å². The highest BCUT2D eigenvalue weighted by atomic mass is 16.3. The molecule has 3 rings (SSSR count). The number of aliphatic hydroxyl groups excluding tert-OH is 1. The maximum absolute atomic E-state index is 13.1. The summed E-state index contributed by atoms with van der Waals surface area (Å²) in [7, 11) is 0. The van der Waals surface area contributed by atoms with Crippen LogP contribution in [0.2, 0.25) is 0 Å². The summed E-state index contributed by atoms with van der Waals surface area (Å²) in [6.07, 6.45) is 3.99. The van der Waals surface area contributed by atoms with Crippen molar-refractivity contribution >= 4 is 16.8 Å². The second-order valence-corrected chi connectivity index (χ2v) is 5.50. The van der Waals surface area contributed by atoms with Gasteiger partial charge in [-0.1, -0.05) is 25.1 Å². The smallest absolute Gasteiger partial charge is 0.256 e. The molecule has 0 saturated heterocycles. The molecule has 0 bridgehead atoms. The molecule has 0 aliphatic carbocycles. The van der Waals surface area contributed by atoms with Crippen molar-refractivity contribution in [2.75, 3.05) is 6.61 Å². The van der Waals surface area contributed by atoms with Gasteiger partial charge >= 0.3 is 0 Å². The number of furan rings is 1. The molecule has 3 aromatic rings. The normalized spacial score (nSPS) is 12.4. The first-order valence-electron chi connectivity index (χ1n) is 7.75. The van der Waals surface area contributed by atoms with E-state index in [1.807, 2.05) is 37.3 Å². The highest BCUT2D eigenvalue weighted by Gasteiger charge is 2.26. The molecule has 2 aromatic heterocycles. The number of fused-ring (bicyclic) bond motifs is 1. The third-order valence-electron chi connectivity index (χ3n) is 4.11. The molecule has 0 aliphatic heterocycles. The quantitative estimate of drug-likeness (QED) is 0.734. The zero-order chi connectivity index (χ0) is 16.2. The molecule has 1 amide bonds. The molecule has 1 atom stereocenters. The number of rotatable bonds is 6. The molecule has 2 N–H and O–H groups in total. The van der Waals surface area contributed by atoms with Gasteiger partial charge in [-0.05, 0) is 24.6 Å². The fraction of sp³-hybridized carbons (Fsp3) is 0.278. The predicted molar refractivity (Wildman–Crippen MR) is 88.0 cm³/mol. The topological polar surface area (TPSA) is 69.5 Å². The highest BCUT2D eigenvalue weighted by Crippen LogP contribution is 2.22. The Morgan fingerprint density at radius 1 is 1.30 bits per heavy atom. The molecule has 5 nitrogen and oxygen atoms in total. The number of carbonyl (C=O) groups is 1. The van der Waals surface area contributed by atoms with E-state index in [9.17, 15) is 9.90 Å². The minimum absolute atomic E-state index is 0.0781. The van der Waals surface area contributed by atoms with Crippen molar-refractivity contribution in [3.8, 4) is 0 Å². The first-order valence-corrected chi connectivity index (χ1v) is 7.75. The average Bonchev–Trinajstić information content (AvgIpc) is 3.23. The van der Waals surface area contributed by atoms with Crippen LogP contribution in [-0.2, 0) is 6.54 Å². The number of hydrogen-bond acceptors (Lipinski definition) is 3. The van der Waals surface area contributed by atoms with Gasteiger partial charge in [0, 0.05) is 17.1 Å². The maximum atomic E-state index is 13.1. The number of carbonyl (C=O) groups excluding carboxylic acids is 1. The van der Waals surface area contributed by atoms with E-state index in [4.69, 9.17) is 4.42 Å². The fourth-order valence-corrected chi connectivity index (χ4v) is 2.79. The van der Waals surface area contributed by atoms with Crippen LogP contribution in [0.25, 0.3) is 10.9 Å². The van der Waals surface area contributed by atoms with Gasteiger partial charge in [0.05, 0.1) is 31.0 Å². The molecular formula is C18H20N2O3. The van der Waals surface area contributed by atoms with Crippen molar-refractivity contribution in [2.45, 2.75) is 25.9 Å². The van der Waals surface area contributed by atoms with Gasteiger partial charge in [-0.2, -0.15) is 0 Å². The molecule has 2 heterocycles. The lowest BCUT2D eigenvalue weighted by Gasteiger charge is -2.29. The maximum Gasteiger partial charge on any atom is 0.256 e. The summed E-state index contributed by atoms with van der Waals surface area (Å²) in [4.78, 5) is 17.9. The number of para-hydroxylation sites is 1. The van der Waals surface area contributed by atoms with E-state index in [1.165, 1.54) is 0 Å². The number of nitrogens with one attached hydrogen (secondary N) is 1. The van der Waals surface area contributed by atoms with E-state index < -0.39 is 0 Å². The Balaban J connectivity index is 1.96. The van der Waals surface area contributed by atoms with Crippen LogP contribution >= 0.6 is 0 Å². The highest BCUT2D eigenvalue weighted by molar-refractivity contribution is 6.06. The van der Waals surface area contributed by atoms with Crippen molar-refractivity contribution in [1.82, 2.24) is 9.88 Å². The summed E-state index contributed by atoms with van der Waals surface area (Å²) in [6.45, 7) is 2.22. The molecule has 5 heteroatoms. The summed E-state index contributed by atoms with van der Waals surface area (Å²) in [5.41, 5.74) is 1.53. The van der Waals surface area contributed by atoms with Gasteiger partial charge in [-0.3, -0.25) is 4.79 Å². The standard InChI is InChI=1S/C18H20N2O3/c1-2-13(12-21)20(11-14-6-5-9-23-14)18(22)16-10-19-17-8-4-3-7-15(16)17/h3-10,13,19,21H,2,11-12H2,1H3. The van der Waals surface area contributed by atoms with E-state index in [2.05, 4.69) is 4.98 Å². The van der Waals surface area contributed by atoms with E-state index in [1.54, 1.807) is 23.4 Å². The molecular weight excluding hydrogens is 292 g/mol. The number of benzene rings is 1. The van der Waals surface area contributed by atoms with Crippen LogP contribution in [0.3, 0.4) is 0 Å². The first kappa shape index (κ1) is 15.4. The minimum Gasteiger partial charge on any atom is -0.467 e. The van der Waals surface area contributed by atoms with Gasteiger partial charge in [-0.15, -0.1) is 0 Å². The van der Waals surface area contributed by atoms with Crippen molar-refractivity contribution in [3.63, 3.8) is 0 Å². The third-order valence-corrected chi connectivity index (χ3v) is 4.11. The van der Waals surface area contributed by atoms with Crippen LogP contribution in [0.4, 0.5) is 0 Å². The Bertz CT molecular complexity index is 773. The molecule has 120 valence electrons. The zero-order valence-electron chi connectivity index (χ0n) is 13.0. The monoisotopic (exact) mass is 312 g/mol. The Kier molecular flexibility index (Phi) is 4.48. The lowest BCUT2D eigenvalue weighted by Crippen LogP contribution is -2.41. The Morgan fingerprint density at radius 3 is 2.83 bits per heavy atom. The summed E-state index contributed by atoms with van der Waals surface area (Å²) in [5, 5.41) is 10.5. The molecule has 0 radical (unpaired) electrons. The van der Waals surface area contributed by atoms with Crippen LogP contribution in [-0.4, -0.2) is 33.5 Å². The first-order chi connectivity index (χ1) is 11.2. The van der Waals surface area contributed by atoms with Crippen molar-refractivity contribution in [2.24, 2.45) is 0 Å². The number of amides is 1. The lowest BCUT2D eigenvalue weighted by molar-refractivity contribution is 0.0547. The summed E-state index contributed by atoms with van der Waals surface area (Å²) in [5.74, 6) is 0.588. The molecule has 0 spiro atoms. The number of aromatic amines is 1. The number of aliphatic hydroxyl groups is 1. The summed E-state index contributed by atoms with van der Waals surface area (Å²) >= 11 is 0. The Morgan fingerprint density at radius 2 is 2.13 bits per heavy atom. The predicted octanol–water partition coefficient (Wildman–Crippen LogP) is 3.17. The number of nitrogens with zero attached hydrogens (tertiary/aromatic N) is 1. The van der Waals surface area contributed by atoms with Crippen LogP contribution < -0.4 is 0 Å². The van der Waals surface area contributed by atoms with Gasteiger partial charge < -0.3 is 19.4 Å². The second kappa shape index (κ2) is 6.71. The van der Waals surface area contributed by atoms with E-state index >= 15 is 0 Å². The molecule has 0 saturated carbocycles. The van der Waals surface area contributed by atoms with Gasteiger partial charge in [0.2, 0.25) is 0 Å². The Hall–Kier alpha value is -2.53. The zero-order valence-corrected chi connectivity index (χ0v) is 13.0. The fourth-order valence-electron chi connectivity index (χ4n) is 2.79. The molecule has 0 fully saturated rings. The van der Waals surface area contributed by atoms with E-state index in [-0.39, 0.29) is 18.6 Å². The van der Waals surface area contributed by atoms with E-state index in [0.717, 1.165) is 10.9 Å². The van der Waals surface area contributed by atoms with Gasteiger partial charge in [0.1, 0.15) is 5.76 Å². The summed E-state index contributed by atoms with van der Waals surface area (Å²) < 4.78 is 5.37. The largest absolute Gasteiger partial charge is 0.467 e. The molecule has 23 heavy (non-hydrogen) atoms. The average molecular weight is 312 g/mol. The van der Waals surface area contributed by atoms with Crippen molar-refractivity contribution < 1.29 is 14.3 Å². The SMILES string of the molecule is CCC(CO)N(Cc1ccco1)C(=O)c1c[nH]c2ccccc12. The van der Waals surface area contributed by atoms with Gasteiger partial charge in [-0.25, -0.2) is 0 Å². The van der Waals surface area contributed by atoms with Gasteiger partial charge in [0.15, 0.2) is 0 Å². The molecule has 1 unspecified atom stereocenters. The number of hydrogen-bond donors (Lipinski definition) is 2. The Labute approximate surface area is 134 Å². The van der Waals surface area contributed by atoms with Crippen molar-refractivity contribution in [1.29, 1.82) is 0 Å². The summed E-state index contributed by atoms with van der Waals surface area (Å²) in [6, 6.07) is 11.1. The minimum atomic E-state index is -0.249. The second-order valence-electron chi connectivity index (χ2n) is 5.50. The van der Waals surface area contributed by atoms with Crippen LogP contribution in [0.5, 0.6) is 0 Å².